The summed E-state index contributed by atoms with van der Waals surface area (Å²) in [6, 6.07) is 0.0305. The Morgan fingerprint density at radius 2 is 1.77 bits per heavy atom. The molecule has 0 aromatic heterocycles. The summed E-state index contributed by atoms with van der Waals surface area (Å²) in [5.41, 5.74) is 0. The van der Waals surface area contributed by atoms with Crippen LogP contribution in [0.1, 0.15) is 20.8 Å². The van der Waals surface area contributed by atoms with Crippen molar-refractivity contribution in [3.63, 3.8) is 0 Å². The molecule has 0 bridgehead atoms. The minimum absolute atomic E-state index is 0.0305. The molecule has 0 fully saturated rings. The van der Waals surface area contributed by atoms with Crippen molar-refractivity contribution in [3.8, 4) is 0 Å². The van der Waals surface area contributed by atoms with Gasteiger partial charge in [-0.15, -0.1) is 0 Å². The number of likely N-dealkylation sites (N-methyl/N-ethyl adjacent to an activating group) is 1. The van der Waals surface area contributed by atoms with E-state index in [9.17, 15) is 4.79 Å². The number of urea groups is 1. The Kier molecular flexibility index (Phi) is 7.39. The van der Waals surface area contributed by atoms with Gasteiger partial charge in [-0.25, -0.2) is 4.79 Å². The SMILES string of the molecule is CCNCCNC(=O)N(CC)CC. The number of nitrogens with one attached hydrogen (secondary N) is 2. The molecule has 4 heteroatoms. The molecule has 0 radical (unpaired) electrons. The number of hydrogen-bond donors (Lipinski definition) is 2. The Hall–Kier alpha value is -0.770. The third kappa shape index (κ3) is 5.47. The maximum absolute atomic E-state index is 11.4. The molecule has 0 aliphatic heterocycles. The summed E-state index contributed by atoms with van der Waals surface area (Å²) in [5, 5.41) is 5.99. The molecule has 4 nitrogen and oxygen atoms in total. The molecule has 13 heavy (non-hydrogen) atoms. The van der Waals surface area contributed by atoms with Gasteiger partial charge in [-0.2, -0.15) is 0 Å². The molecule has 0 spiro atoms. The lowest BCUT2D eigenvalue weighted by Crippen LogP contribution is -2.42. The average molecular weight is 187 g/mol. The number of rotatable bonds is 6. The van der Waals surface area contributed by atoms with Crippen molar-refractivity contribution in [1.82, 2.24) is 15.5 Å². The van der Waals surface area contributed by atoms with Crippen molar-refractivity contribution in [2.45, 2.75) is 20.8 Å². The van der Waals surface area contributed by atoms with Crippen molar-refractivity contribution in [3.05, 3.63) is 0 Å². The Morgan fingerprint density at radius 1 is 1.15 bits per heavy atom. The van der Waals surface area contributed by atoms with Crippen molar-refractivity contribution < 1.29 is 4.79 Å². The van der Waals surface area contributed by atoms with Crippen LogP contribution in [0.25, 0.3) is 0 Å². The van der Waals surface area contributed by atoms with Crippen molar-refractivity contribution in [1.29, 1.82) is 0 Å². The van der Waals surface area contributed by atoms with Crippen LogP contribution < -0.4 is 10.6 Å². The van der Waals surface area contributed by atoms with E-state index in [0.29, 0.717) is 6.54 Å². The van der Waals surface area contributed by atoms with Gasteiger partial charge in [-0.1, -0.05) is 6.92 Å². The smallest absolute Gasteiger partial charge is 0.317 e. The maximum Gasteiger partial charge on any atom is 0.317 e. The predicted octanol–water partition coefficient (Wildman–Crippen LogP) is 0.647. The second-order valence-electron chi connectivity index (χ2n) is 2.76. The topological polar surface area (TPSA) is 44.4 Å². The Morgan fingerprint density at radius 3 is 2.23 bits per heavy atom. The summed E-state index contributed by atoms with van der Waals surface area (Å²) < 4.78 is 0. The van der Waals surface area contributed by atoms with Crippen LogP contribution in [0.4, 0.5) is 4.79 Å². The van der Waals surface area contributed by atoms with E-state index in [-0.39, 0.29) is 6.03 Å². The molecule has 0 aromatic rings. The second kappa shape index (κ2) is 7.86. The molecule has 0 aliphatic rings. The number of carbonyl (C=O) groups excluding carboxylic acids is 1. The highest BCUT2D eigenvalue weighted by molar-refractivity contribution is 5.73. The Balaban J connectivity index is 3.48. The summed E-state index contributed by atoms with van der Waals surface area (Å²) in [6.07, 6.45) is 0. The van der Waals surface area contributed by atoms with E-state index >= 15 is 0 Å². The molecule has 2 N–H and O–H groups in total. The highest BCUT2D eigenvalue weighted by atomic mass is 16.2. The van der Waals surface area contributed by atoms with E-state index in [2.05, 4.69) is 10.6 Å². The van der Waals surface area contributed by atoms with Gasteiger partial charge in [0.2, 0.25) is 0 Å². The lowest BCUT2D eigenvalue weighted by molar-refractivity contribution is 0.203. The lowest BCUT2D eigenvalue weighted by atomic mass is 10.5. The maximum atomic E-state index is 11.4. The summed E-state index contributed by atoms with van der Waals surface area (Å²) in [5.74, 6) is 0. The number of hydrogen-bond acceptors (Lipinski definition) is 2. The first-order valence-electron chi connectivity index (χ1n) is 4.99. The quantitative estimate of drug-likeness (QED) is 0.600. The summed E-state index contributed by atoms with van der Waals surface area (Å²) in [7, 11) is 0. The van der Waals surface area contributed by atoms with Crippen LogP contribution in [0.3, 0.4) is 0 Å². The van der Waals surface area contributed by atoms with Crippen LogP contribution in [-0.4, -0.2) is 43.7 Å². The van der Waals surface area contributed by atoms with Crippen molar-refractivity contribution in [2.24, 2.45) is 0 Å². The monoisotopic (exact) mass is 187 g/mol. The van der Waals surface area contributed by atoms with E-state index in [1.165, 1.54) is 0 Å². The first-order valence-corrected chi connectivity index (χ1v) is 4.99. The van der Waals surface area contributed by atoms with E-state index in [1.807, 2.05) is 20.8 Å². The van der Waals surface area contributed by atoms with Gasteiger partial charge >= 0.3 is 6.03 Å². The summed E-state index contributed by atoms with van der Waals surface area (Å²) >= 11 is 0. The first-order chi connectivity index (χ1) is 6.26. The Bertz CT molecular complexity index is 135. The van der Waals surface area contributed by atoms with Gasteiger partial charge in [0.15, 0.2) is 0 Å². The van der Waals surface area contributed by atoms with Crippen molar-refractivity contribution >= 4 is 6.03 Å². The second-order valence-corrected chi connectivity index (χ2v) is 2.76. The Labute approximate surface area is 80.7 Å². The van der Waals surface area contributed by atoms with Crippen LogP contribution in [0.5, 0.6) is 0 Å². The van der Waals surface area contributed by atoms with Gasteiger partial charge in [-0.3, -0.25) is 0 Å². The van der Waals surface area contributed by atoms with Crippen LogP contribution in [0.2, 0.25) is 0 Å². The molecule has 0 rings (SSSR count). The first kappa shape index (κ1) is 12.2. The number of carbonyl (C=O) groups is 1. The van der Waals surface area contributed by atoms with Gasteiger partial charge in [0, 0.05) is 26.2 Å². The third-order valence-electron chi connectivity index (χ3n) is 1.88. The number of amides is 2. The molecule has 0 saturated heterocycles. The minimum Gasteiger partial charge on any atom is -0.337 e. The number of nitrogens with zero attached hydrogens (tertiary/aromatic N) is 1. The fourth-order valence-electron chi connectivity index (χ4n) is 1.06. The van der Waals surface area contributed by atoms with Crippen LogP contribution in [0, 0.1) is 0 Å². The average Bonchev–Trinajstić information content (AvgIpc) is 2.14. The molecular formula is C9H21N3O. The largest absolute Gasteiger partial charge is 0.337 e. The summed E-state index contributed by atoms with van der Waals surface area (Å²) in [6.45, 7) is 10.0. The van der Waals surface area contributed by atoms with Gasteiger partial charge in [0.25, 0.3) is 0 Å². The van der Waals surface area contributed by atoms with Gasteiger partial charge in [-0.05, 0) is 20.4 Å². The zero-order chi connectivity index (χ0) is 10.1. The molecule has 0 saturated carbocycles. The molecule has 78 valence electrons. The normalized spacial score (nSPS) is 9.77. The van der Waals surface area contributed by atoms with Crippen molar-refractivity contribution in [2.75, 3.05) is 32.7 Å². The molecule has 0 aliphatic carbocycles. The fraction of sp³-hybridized carbons (Fsp3) is 0.889. The van der Waals surface area contributed by atoms with E-state index in [1.54, 1.807) is 4.90 Å². The molecule has 0 aromatic carbocycles. The van der Waals surface area contributed by atoms with E-state index < -0.39 is 0 Å². The standard InChI is InChI=1S/C9H21N3O/c1-4-10-7-8-11-9(13)12(5-2)6-3/h10H,4-8H2,1-3H3,(H,11,13). The fourth-order valence-corrected chi connectivity index (χ4v) is 1.06. The van der Waals surface area contributed by atoms with Gasteiger partial charge < -0.3 is 15.5 Å². The zero-order valence-corrected chi connectivity index (χ0v) is 8.89. The van der Waals surface area contributed by atoms with Crippen LogP contribution >= 0.6 is 0 Å². The zero-order valence-electron chi connectivity index (χ0n) is 8.89. The van der Waals surface area contributed by atoms with Gasteiger partial charge in [0.1, 0.15) is 0 Å². The molecule has 0 atom stereocenters. The molecular weight excluding hydrogens is 166 g/mol. The molecule has 0 heterocycles. The van der Waals surface area contributed by atoms with E-state index in [0.717, 1.165) is 26.2 Å². The van der Waals surface area contributed by atoms with E-state index in [4.69, 9.17) is 0 Å². The third-order valence-corrected chi connectivity index (χ3v) is 1.88. The van der Waals surface area contributed by atoms with Crippen LogP contribution in [-0.2, 0) is 0 Å². The van der Waals surface area contributed by atoms with Gasteiger partial charge in [0.05, 0.1) is 0 Å². The highest BCUT2D eigenvalue weighted by Gasteiger charge is 2.06. The minimum atomic E-state index is 0.0305. The highest BCUT2D eigenvalue weighted by Crippen LogP contribution is 1.86. The molecule has 2 amide bonds. The summed E-state index contributed by atoms with van der Waals surface area (Å²) in [4.78, 5) is 13.1. The van der Waals surface area contributed by atoms with Crippen LogP contribution in [0.15, 0.2) is 0 Å². The molecule has 0 unspecified atom stereocenters. The lowest BCUT2D eigenvalue weighted by Gasteiger charge is -2.19. The predicted molar refractivity (Wildman–Crippen MR) is 54.9 cm³/mol.